The first kappa shape index (κ1) is 14.0. The molecule has 22 heavy (non-hydrogen) atoms. The van der Waals surface area contributed by atoms with Crippen LogP contribution in [0.15, 0.2) is 48.5 Å². The van der Waals surface area contributed by atoms with Crippen LogP contribution in [-0.4, -0.2) is 36.3 Å². The molecule has 0 aromatic heterocycles. The van der Waals surface area contributed by atoms with Crippen molar-refractivity contribution in [3.8, 4) is 11.1 Å². The van der Waals surface area contributed by atoms with Crippen molar-refractivity contribution < 1.29 is 19.1 Å². The van der Waals surface area contributed by atoms with Gasteiger partial charge in [0, 0.05) is 0 Å². The van der Waals surface area contributed by atoms with Crippen LogP contribution in [0.2, 0.25) is 0 Å². The van der Waals surface area contributed by atoms with Gasteiger partial charge in [-0.25, -0.2) is 0 Å². The SMILES string of the molecule is COC(=O)CN1C(=O)c2ccc(-c3ccccc3)cc2C1=O. The molecule has 0 fully saturated rings. The Balaban J connectivity index is 1.98. The van der Waals surface area contributed by atoms with Crippen molar-refractivity contribution in [1.29, 1.82) is 0 Å². The molecule has 0 spiro atoms. The third-order valence-corrected chi connectivity index (χ3v) is 3.59. The summed E-state index contributed by atoms with van der Waals surface area (Å²) in [4.78, 5) is 36.8. The fraction of sp³-hybridized carbons (Fsp3) is 0.118. The third kappa shape index (κ3) is 2.26. The van der Waals surface area contributed by atoms with Gasteiger partial charge in [-0.3, -0.25) is 19.3 Å². The summed E-state index contributed by atoms with van der Waals surface area (Å²) in [5.74, 6) is -1.56. The zero-order valence-electron chi connectivity index (χ0n) is 11.9. The lowest BCUT2D eigenvalue weighted by Gasteiger charge is -2.11. The summed E-state index contributed by atoms with van der Waals surface area (Å²) in [6, 6.07) is 14.7. The number of methoxy groups -OCH3 is 1. The maximum atomic E-state index is 12.3. The Morgan fingerprint density at radius 1 is 0.955 bits per heavy atom. The predicted molar refractivity (Wildman–Crippen MR) is 79.3 cm³/mol. The molecule has 1 heterocycles. The topological polar surface area (TPSA) is 63.7 Å². The van der Waals surface area contributed by atoms with Crippen molar-refractivity contribution in [2.24, 2.45) is 0 Å². The minimum Gasteiger partial charge on any atom is -0.468 e. The molecule has 0 bridgehead atoms. The first-order valence-corrected chi connectivity index (χ1v) is 6.74. The number of rotatable bonds is 3. The van der Waals surface area contributed by atoms with E-state index in [0.717, 1.165) is 16.0 Å². The highest BCUT2D eigenvalue weighted by atomic mass is 16.5. The Kier molecular flexibility index (Phi) is 3.47. The quantitative estimate of drug-likeness (QED) is 0.642. The minimum absolute atomic E-state index is 0.314. The number of fused-ring (bicyclic) bond motifs is 1. The van der Waals surface area contributed by atoms with Crippen LogP contribution in [-0.2, 0) is 9.53 Å². The van der Waals surface area contributed by atoms with Gasteiger partial charge < -0.3 is 4.74 Å². The average Bonchev–Trinajstić information content (AvgIpc) is 2.80. The zero-order valence-corrected chi connectivity index (χ0v) is 11.9. The van der Waals surface area contributed by atoms with E-state index in [1.807, 2.05) is 30.3 Å². The molecule has 1 aliphatic rings. The predicted octanol–water partition coefficient (Wildman–Crippen LogP) is 2.12. The van der Waals surface area contributed by atoms with Crippen molar-refractivity contribution in [1.82, 2.24) is 4.90 Å². The van der Waals surface area contributed by atoms with E-state index >= 15 is 0 Å². The van der Waals surface area contributed by atoms with Crippen LogP contribution in [0, 0.1) is 0 Å². The largest absolute Gasteiger partial charge is 0.468 e. The van der Waals surface area contributed by atoms with Crippen LogP contribution in [0.1, 0.15) is 20.7 Å². The Labute approximate surface area is 127 Å². The standard InChI is InChI=1S/C17H13NO4/c1-22-15(19)10-18-16(20)13-8-7-12(9-14(13)17(18)21)11-5-3-2-4-6-11/h2-9H,10H2,1H3. The molecule has 0 saturated carbocycles. The first-order chi connectivity index (χ1) is 10.6. The second-order valence-electron chi connectivity index (χ2n) is 4.90. The third-order valence-electron chi connectivity index (χ3n) is 3.59. The zero-order chi connectivity index (χ0) is 15.7. The van der Waals surface area contributed by atoms with E-state index in [4.69, 9.17) is 0 Å². The van der Waals surface area contributed by atoms with Crippen LogP contribution in [0.25, 0.3) is 11.1 Å². The molecule has 3 rings (SSSR count). The van der Waals surface area contributed by atoms with Crippen molar-refractivity contribution in [2.75, 3.05) is 13.7 Å². The summed E-state index contributed by atoms with van der Waals surface area (Å²) in [6.07, 6.45) is 0. The van der Waals surface area contributed by atoms with Crippen LogP contribution < -0.4 is 0 Å². The molecule has 5 nitrogen and oxygen atoms in total. The highest BCUT2D eigenvalue weighted by Crippen LogP contribution is 2.28. The smallest absolute Gasteiger partial charge is 0.325 e. The van der Waals surface area contributed by atoms with E-state index in [1.165, 1.54) is 7.11 Å². The van der Waals surface area contributed by atoms with Gasteiger partial charge in [-0.15, -0.1) is 0 Å². The number of ether oxygens (including phenoxy) is 1. The van der Waals surface area contributed by atoms with Crippen LogP contribution in [0.4, 0.5) is 0 Å². The summed E-state index contributed by atoms with van der Waals surface area (Å²) in [7, 11) is 1.22. The van der Waals surface area contributed by atoms with Crippen molar-refractivity contribution in [2.45, 2.75) is 0 Å². The second-order valence-corrected chi connectivity index (χ2v) is 4.90. The van der Waals surface area contributed by atoms with Crippen molar-refractivity contribution >= 4 is 17.8 Å². The first-order valence-electron chi connectivity index (χ1n) is 6.74. The van der Waals surface area contributed by atoms with Crippen molar-refractivity contribution in [3.05, 3.63) is 59.7 Å². The number of carbonyl (C=O) groups excluding carboxylic acids is 3. The molecule has 0 radical (unpaired) electrons. The van der Waals surface area contributed by atoms with Gasteiger partial charge in [-0.05, 0) is 23.3 Å². The normalized spacial score (nSPS) is 13.2. The highest BCUT2D eigenvalue weighted by Gasteiger charge is 2.37. The number of esters is 1. The summed E-state index contributed by atoms with van der Waals surface area (Å²) < 4.78 is 4.52. The molecule has 0 aliphatic carbocycles. The Morgan fingerprint density at radius 3 is 2.32 bits per heavy atom. The summed E-state index contributed by atoms with van der Waals surface area (Å²) in [6.45, 7) is -0.372. The molecule has 0 atom stereocenters. The van der Waals surface area contributed by atoms with E-state index < -0.39 is 17.8 Å². The molecule has 2 aromatic rings. The summed E-state index contributed by atoms with van der Waals surface area (Å²) in [5.41, 5.74) is 2.43. The van der Waals surface area contributed by atoms with E-state index in [1.54, 1.807) is 18.2 Å². The number of carbonyl (C=O) groups is 3. The number of hydrogen-bond donors (Lipinski definition) is 0. The molecule has 110 valence electrons. The summed E-state index contributed by atoms with van der Waals surface area (Å²) >= 11 is 0. The Morgan fingerprint density at radius 2 is 1.64 bits per heavy atom. The summed E-state index contributed by atoms with van der Waals surface area (Å²) in [5, 5.41) is 0. The number of hydrogen-bond acceptors (Lipinski definition) is 4. The highest BCUT2D eigenvalue weighted by molar-refractivity contribution is 6.22. The fourth-order valence-corrected chi connectivity index (χ4v) is 2.44. The van der Waals surface area contributed by atoms with Gasteiger partial charge >= 0.3 is 5.97 Å². The lowest BCUT2D eigenvalue weighted by Crippen LogP contribution is -2.35. The van der Waals surface area contributed by atoms with Gasteiger partial charge in [0.15, 0.2) is 0 Å². The molecular formula is C17H13NO4. The van der Waals surface area contributed by atoms with Gasteiger partial charge in [0.1, 0.15) is 6.54 Å². The lowest BCUT2D eigenvalue weighted by atomic mass is 10.0. The number of amides is 2. The van der Waals surface area contributed by atoms with Crippen LogP contribution >= 0.6 is 0 Å². The van der Waals surface area contributed by atoms with Crippen LogP contribution in [0.5, 0.6) is 0 Å². The molecular weight excluding hydrogens is 282 g/mol. The molecule has 5 heteroatoms. The molecule has 1 aliphatic heterocycles. The van der Waals surface area contributed by atoms with Gasteiger partial charge in [-0.2, -0.15) is 0 Å². The van der Waals surface area contributed by atoms with Gasteiger partial charge in [0.2, 0.25) is 0 Å². The molecule has 0 unspecified atom stereocenters. The monoisotopic (exact) mass is 295 g/mol. The molecule has 0 saturated heterocycles. The Hall–Kier alpha value is -2.95. The number of imide groups is 1. The van der Waals surface area contributed by atoms with Crippen molar-refractivity contribution in [3.63, 3.8) is 0 Å². The number of benzene rings is 2. The van der Waals surface area contributed by atoms with E-state index in [9.17, 15) is 14.4 Å². The molecule has 0 N–H and O–H groups in total. The molecule has 2 aromatic carbocycles. The maximum Gasteiger partial charge on any atom is 0.325 e. The van der Waals surface area contributed by atoms with E-state index in [0.29, 0.717) is 11.1 Å². The van der Waals surface area contributed by atoms with Gasteiger partial charge in [0.05, 0.1) is 18.2 Å². The van der Waals surface area contributed by atoms with Gasteiger partial charge in [-0.1, -0.05) is 36.4 Å². The van der Waals surface area contributed by atoms with Crippen LogP contribution in [0.3, 0.4) is 0 Å². The second kappa shape index (κ2) is 5.44. The maximum absolute atomic E-state index is 12.3. The number of nitrogens with zero attached hydrogens (tertiary/aromatic N) is 1. The average molecular weight is 295 g/mol. The molecule has 2 amide bonds. The lowest BCUT2D eigenvalue weighted by molar-refractivity contribution is -0.140. The van der Waals surface area contributed by atoms with E-state index in [2.05, 4.69) is 4.74 Å². The fourth-order valence-electron chi connectivity index (χ4n) is 2.44. The Bertz CT molecular complexity index is 767. The van der Waals surface area contributed by atoms with Gasteiger partial charge in [0.25, 0.3) is 11.8 Å². The van der Waals surface area contributed by atoms with E-state index in [-0.39, 0.29) is 6.54 Å². The minimum atomic E-state index is -0.627.